The van der Waals surface area contributed by atoms with Gasteiger partial charge in [0, 0.05) is 41.3 Å². The van der Waals surface area contributed by atoms with E-state index in [1.807, 2.05) is 6.33 Å². The number of hydrogen-bond acceptors (Lipinski definition) is 2. The summed E-state index contributed by atoms with van der Waals surface area (Å²) in [7, 11) is 0. The largest absolute Gasteiger partial charge is 0.358 e. The molecular weight excluding hydrogens is 488 g/mol. The monoisotopic (exact) mass is 524 g/mol. The lowest BCUT2D eigenvalue weighted by Crippen LogP contribution is -2.38. The third-order valence-corrected chi connectivity index (χ3v) is 8.29. The van der Waals surface area contributed by atoms with E-state index in [1.54, 1.807) is 0 Å². The van der Waals surface area contributed by atoms with Crippen LogP contribution in [0.2, 0.25) is 0 Å². The first-order valence-electron chi connectivity index (χ1n) is 14.1. The second kappa shape index (κ2) is 11.0. The summed E-state index contributed by atoms with van der Waals surface area (Å²) in [6.45, 7) is 7.49. The van der Waals surface area contributed by atoms with Gasteiger partial charge in [0.05, 0.1) is 12.0 Å². The quantitative estimate of drug-likeness (QED) is 0.190. The number of benzene rings is 4. The standard InChI is InChI=1S/C36H36N4/c1-26-32-21-13-14-22-34(32)39-33(26)23-24-37-27(2)35-28(3)40(25-38-35)36(29-15-7-4-8-16-29,30-17-9-5-10-18-30)31-19-11-6-12-20-31/h4-22,25,27,37,39H,23-24H2,1-3H3/t27-/m1/s1. The maximum Gasteiger partial charge on any atom is 0.121 e. The van der Waals surface area contributed by atoms with Gasteiger partial charge in [0.25, 0.3) is 0 Å². The zero-order valence-corrected chi connectivity index (χ0v) is 23.4. The Balaban J connectivity index is 1.36. The third-order valence-electron chi connectivity index (χ3n) is 8.29. The molecule has 0 unspecified atom stereocenters. The molecule has 0 fully saturated rings. The molecule has 0 saturated heterocycles. The summed E-state index contributed by atoms with van der Waals surface area (Å²) in [4.78, 5) is 8.64. The molecule has 2 N–H and O–H groups in total. The number of aromatic amines is 1. The predicted molar refractivity (Wildman–Crippen MR) is 165 cm³/mol. The summed E-state index contributed by atoms with van der Waals surface area (Å²) in [6, 6.07) is 41.0. The minimum absolute atomic E-state index is 0.103. The fourth-order valence-corrected chi connectivity index (χ4v) is 6.24. The Bertz CT molecular complexity index is 1600. The molecule has 200 valence electrons. The number of nitrogens with one attached hydrogen (secondary N) is 2. The zero-order chi connectivity index (χ0) is 27.5. The topological polar surface area (TPSA) is 45.6 Å². The molecule has 0 aliphatic carbocycles. The van der Waals surface area contributed by atoms with Crippen LogP contribution >= 0.6 is 0 Å². The summed E-state index contributed by atoms with van der Waals surface area (Å²) in [6.07, 6.45) is 2.96. The molecule has 4 nitrogen and oxygen atoms in total. The van der Waals surface area contributed by atoms with Crippen molar-refractivity contribution in [2.45, 2.75) is 38.8 Å². The molecule has 40 heavy (non-hydrogen) atoms. The van der Waals surface area contributed by atoms with Crippen molar-refractivity contribution >= 4 is 10.9 Å². The summed E-state index contributed by atoms with van der Waals surface area (Å²) >= 11 is 0. The van der Waals surface area contributed by atoms with Gasteiger partial charge in [-0.3, -0.25) is 0 Å². The van der Waals surface area contributed by atoms with Crippen LogP contribution in [0.5, 0.6) is 0 Å². The van der Waals surface area contributed by atoms with Gasteiger partial charge in [-0.25, -0.2) is 4.98 Å². The van der Waals surface area contributed by atoms with Crippen molar-refractivity contribution in [3.63, 3.8) is 0 Å². The molecule has 0 aliphatic rings. The van der Waals surface area contributed by atoms with E-state index in [2.05, 4.69) is 151 Å². The van der Waals surface area contributed by atoms with Crippen molar-refractivity contribution in [2.24, 2.45) is 0 Å². The van der Waals surface area contributed by atoms with Crippen molar-refractivity contribution in [1.29, 1.82) is 0 Å². The lowest BCUT2D eigenvalue weighted by molar-refractivity contribution is 0.499. The Labute approximate surface area is 236 Å². The van der Waals surface area contributed by atoms with Crippen molar-refractivity contribution in [3.05, 3.63) is 161 Å². The van der Waals surface area contributed by atoms with Gasteiger partial charge in [0.2, 0.25) is 0 Å². The van der Waals surface area contributed by atoms with Gasteiger partial charge in [0.1, 0.15) is 5.54 Å². The van der Waals surface area contributed by atoms with Crippen LogP contribution in [0.3, 0.4) is 0 Å². The first kappa shape index (κ1) is 25.8. The van der Waals surface area contributed by atoms with Crippen LogP contribution in [-0.2, 0) is 12.0 Å². The molecule has 2 aromatic heterocycles. The SMILES string of the molecule is Cc1c(CCN[C@H](C)c2ncn(C(c3ccccc3)(c3ccccc3)c3ccccc3)c2C)[nH]c2ccccc12. The van der Waals surface area contributed by atoms with Crippen LogP contribution in [0.4, 0.5) is 0 Å². The van der Waals surface area contributed by atoms with Gasteiger partial charge in [-0.2, -0.15) is 0 Å². The molecule has 0 aliphatic heterocycles. The summed E-state index contributed by atoms with van der Waals surface area (Å²) in [5, 5.41) is 5.05. The zero-order valence-electron chi connectivity index (χ0n) is 23.4. The normalized spacial score (nSPS) is 12.6. The minimum Gasteiger partial charge on any atom is -0.358 e. The van der Waals surface area contributed by atoms with Gasteiger partial charge in [-0.1, -0.05) is 109 Å². The van der Waals surface area contributed by atoms with Crippen LogP contribution in [0, 0.1) is 13.8 Å². The number of nitrogens with zero attached hydrogens (tertiary/aromatic N) is 2. The molecule has 1 atom stereocenters. The Morgan fingerprint density at radius 2 is 1.27 bits per heavy atom. The third kappa shape index (κ3) is 4.44. The number of rotatable bonds is 9. The van der Waals surface area contributed by atoms with E-state index in [4.69, 9.17) is 4.98 Å². The maximum absolute atomic E-state index is 5.03. The number of para-hydroxylation sites is 1. The number of aryl methyl sites for hydroxylation is 1. The Morgan fingerprint density at radius 3 is 1.82 bits per heavy atom. The summed E-state index contributed by atoms with van der Waals surface area (Å²) in [5.41, 5.74) is 9.11. The number of H-pyrrole nitrogens is 1. The highest BCUT2D eigenvalue weighted by Crippen LogP contribution is 2.42. The van der Waals surface area contributed by atoms with Crippen LogP contribution in [0.25, 0.3) is 10.9 Å². The summed E-state index contributed by atoms with van der Waals surface area (Å²) in [5.74, 6) is 0. The molecule has 6 aromatic rings. The Kier molecular flexibility index (Phi) is 7.10. The molecule has 4 heteroatoms. The highest BCUT2D eigenvalue weighted by molar-refractivity contribution is 5.84. The van der Waals surface area contributed by atoms with E-state index in [1.165, 1.54) is 38.9 Å². The molecule has 0 spiro atoms. The summed E-state index contributed by atoms with van der Waals surface area (Å²) < 4.78 is 2.36. The van der Waals surface area contributed by atoms with E-state index in [-0.39, 0.29) is 6.04 Å². The lowest BCUT2D eigenvalue weighted by atomic mass is 9.76. The smallest absolute Gasteiger partial charge is 0.121 e. The van der Waals surface area contributed by atoms with Crippen molar-refractivity contribution in [3.8, 4) is 0 Å². The highest BCUT2D eigenvalue weighted by Gasteiger charge is 2.39. The van der Waals surface area contributed by atoms with Crippen molar-refractivity contribution in [2.75, 3.05) is 6.54 Å². The fraction of sp³-hybridized carbons (Fsp3) is 0.194. The fourth-order valence-electron chi connectivity index (χ4n) is 6.24. The second-order valence-electron chi connectivity index (χ2n) is 10.6. The van der Waals surface area contributed by atoms with Crippen molar-refractivity contribution < 1.29 is 0 Å². The molecule has 0 amide bonds. The first-order chi connectivity index (χ1) is 19.6. The van der Waals surface area contributed by atoms with Crippen LogP contribution in [0.15, 0.2) is 122 Å². The highest BCUT2D eigenvalue weighted by atomic mass is 15.1. The van der Waals surface area contributed by atoms with Crippen LogP contribution in [-0.4, -0.2) is 21.1 Å². The molecule has 0 bridgehead atoms. The first-order valence-corrected chi connectivity index (χ1v) is 14.1. The molecule has 2 heterocycles. The van der Waals surface area contributed by atoms with E-state index in [0.29, 0.717) is 0 Å². The molecule has 0 saturated carbocycles. The van der Waals surface area contributed by atoms with Gasteiger partial charge in [-0.15, -0.1) is 0 Å². The predicted octanol–water partition coefficient (Wildman–Crippen LogP) is 7.71. The van der Waals surface area contributed by atoms with Crippen LogP contribution in [0.1, 0.15) is 52.3 Å². The Morgan fingerprint density at radius 1 is 0.750 bits per heavy atom. The number of aromatic nitrogens is 3. The van der Waals surface area contributed by atoms with E-state index >= 15 is 0 Å². The second-order valence-corrected chi connectivity index (χ2v) is 10.6. The lowest BCUT2D eigenvalue weighted by Gasteiger charge is -2.38. The molecule has 4 aromatic carbocycles. The average Bonchev–Trinajstić information content (AvgIpc) is 3.55. The van der Waals surface area contributed by atoms with E-state index < -0.39 is 5.54 Å². The number of fused-ring (bicyclic) bond motifs is 1. The van der Waals surface area contributed by atoms with Gasteiger partial charge < -0.3 is 14.9 Å². The minimum atomic E-state index is -0.555. The molecule has 0 radical (unpaired) electrons. The van der Waals surface area contributed by atoms with Gasteiger partial charge in [0.15, 0.2) is 0 Å². The van der Waals surface area contributed by atoms with Gasteiger partial charge >= 0.3 is 0 Å². The maximum atomic E-state index is 5.03. The van der Waals surface area contributed by atoms with Gasteiger partial charge in [-0.05, 0) is 49.1 Å². The average molecular weight is 525 g/mol. The van der Waals surface area contributed by atoms with E-state index in [9.17, 15) is 0 Å². The molecule has 6 rings (SSSR count). The molecular formula is C36H36N4. The number of imidazole rings is 1. The Hall–Kier alpha value is -4.41. The van der Waals surface area contributed by atoms with E-state index in [0.717, 1.165) is 24.4 Å². The van der Waals surface area contributed by atoms with Crippen LogP contribution < -0.4 is 5.32 Å². The van der Waals surface area contributed by atoms with Crippen molar-refractivity contribution in [1.82, 2.24) is 19.9 Å². The number of hydrogen-bond donors (Lipinski definition) is 2.